The van der Waals surface area contributed by atoms with Crippen LogP contribution in [0.25, 0.3) is 0 Å². The number of hydrogen-bond donors (Lipinski definition) is 1. The number of nitriles is 1. The zero-order valence-corrected chi connectivity index (χ0v) is 10.6. The van der Waals surface area contributed by atoms with Crippen molar-refractivity contribution in [2.45, 2.75) is 0 Å². The molecule has 1 aromatic heterocycles. The Kier molecular flexibility index (Phi) is 3.72. The zero-order chi connectivity index (χ0) is 14.7. The third-order valence-electron chi connectivity index (χ3n) is 2.42. The van der Waals surface area contributed by atoms with Gasteiger partial charge in [-0.15, -0.1) is 11.3 Å². The Bertz CT molecular complexity index is 736. The number of carbonyl (C=O) groups is 1. The molecule has 0 atom stereocenters. The second-order valence-corrected chi connectivity index (χ2v) is 4.57. The highest BCUT2D eigenvalue weighted by atomic mass is 32.1. The van der Waals surface area contributed by atoms with E-state index >= 15 is 0 Å². The first-order chi connectivity index (χ1) is 9.52. The number of nitro benzene ring substituents is 1. The number of thiophene rings is 1. The molecule has 2 aromatic rings. The van der Waals surface area contributed by atoms with E-state index in [4.69, 9.17) is 5.26 Å². The summed E-state index contributed by atoms with van der Waals surface area (Å²) in [6.45, 7) is 0. The maximum absolute atomic E-state index is 13.2. The minimum atomic E-state index is -1.01. The molecule has 0 aliphatic rings. The Labute approximate surface area is 116 Å². The lowest BCUT2D eigenvalue weighted by Crippen LogP contribution is -2.12. The van der Waals surface area contributed by atoms with Crippen molar-refractivity contribution in [2.24, 2.45) is 0 Å². The van der Waals surface area contributed by atoms with Crippen molar-refractivity contribution in [3.8, 4) is 6.07 Å². The third-order valence-corrected chi connectivity index (χ3v) is 3.25. The van der Waals surface area contributed by atoms with Crippen LogP contribution < -0.4 is 5.32 Å². The molecule has 2 rings (SSSR count). The first kappa shape index (κ1) is 13.6. The molecule has 0 aliphatic carbocycles. The number of nitrogens with zero attached hydrogens (tertiary/aromatic N) is 2. The maximum atomic E-state index is 13.2. The maximum Gasteiger partial charge on any atom is 0.305 e. The molecule has 6 nitrogen and oxygen atoms in total. The van der Waals surface area contributed by atoms with Gasteiger partial charge in [0.2, 0.25) is 5.82 Å². The standard InChI is InChI=1S/C12H6FN3O3S/c13-9-2-1-7(5-10(9)16(18)19)11(17)15-12-8(6-14)3-4-20-12/h1-5H,(H,15,17). The van der Waals surface area contributed by atoms with Crippen LogP contribution in [0.1, 0.15) is 15.9 Å². The van der Waals surface area contributed by atoms with E-state index in [9.17, 15) is 19.3 Å². The highest BCUT2D eigenvalue weighted by Gasteiger charge is 2.18. The lowest BCUT2D eigenvalue weighted by atomic mass is 10.2. The lowest BCUT2D eigenvalue weighted by Gasteiger charge is -2.03. The summed E-state index contributed by atoms with van der Waals surface area (Å²) in [5.41, 5.74) is -0.542. The molecule has 20 heavy (non-hydrogen) atoms. The zero-order valence-electron chi connectivity index (χ0n) is 9.79. The fraction of sp³-hybridized carbons (Fsp3) is 0. The van der Waals surface area contributed by atoms with E-state index in [-0.39, 0.29) is 5.56 Å². The Morgan fingerprint density at radius 3 is 2.85 bits per heavy atom. The van der Waals surface area contributed by atoms with Gasteiger partial charge in [-0.25, -0.2) is 0 Å². The van der Waals surface area contributed by atoms with Gasteiger partial charge in [-0.1, -0.05) is 0 Å². The molecule has 0 aliphatic heterocycles. The lowest BCUT2D eigenvalue weighted by molar-refractivity contribution is -0.387. The van der Waals surface area contributed by atoms with E-state index in [0.717, 1.165) is 29.5 Å². The summed E-state index contributed by atoms with van der Waals surface area (Å²) in [5, 5.41) is 23.8. The highest BCUT2D eigenvalue weighted by molar-refractivity contribution is 7.14. The normalized spacial score (nSPS) is 9.80. The van der Waals surface area contributed by atoms with Crippen LogP contribution in [-0.2, 0) is 0 Å². The van der Waals surface area contributed by atoms with Crippen molar-refractivity contribution in [3.63, 3.8) is 0 Å². The average Bonchev–Trinajstić information content (AvgIpc) is 2.86. The van der Waals surface area contributed by atoms with Gasteiger partial charge in [0.05, 0.1) is 10.5 Å². The summed E-state index contributed by atoms with van der Waals surface area (Å²) in [6, 6.07) is 6.28. The summed E-state index contributed by atoms with van der Waals surface area (Å²) < 4.78 is 13.2. The van der Waals surface area contributed by atoms with Gasteiger partial charge < -0.3 is 5.32 Å². The fourth-order valence-electron chi connectivity index (χ4n) is 1.46. The molecule has 1 amide bonds. The second-order valence-electron chi connectivity index (χ2n) is 3.65. The van der Waals surface area contributed by atoms with Crippen LogP contribution in [0, 0.1) is 27.3 Å². The van der Waals surface area contributed by atoms with E-state index in [1.54, 1.807) is 5.38 Å². The fourth-order valence-corrected chi connectivity index (χ4v) is 2.20. The summed E-state index contributed by atoms with van der Waals surface area (Å²) >= 11 is 1.15. The van der Waals surface area contributed by atoms with Crippen molar-refractivity contribution in [3.05, 3.63) is 56.7 Å². The molecule has 100 valence electrons. The Morgan fingerprint density at radius 1 is 1.45 bits per heavy atom. The molecule has 0 radical (unpaired) electrons. The molecule has 0 unspecified atom stereocenters. The topological polar surface area (TPSA) is 96.0 Å². The van der Waals surface area contributed by atoms with E-state index in [1.807, 2.05) is 6.07 Å². The van der Waals surface area contributed by atoms with Crippen LogP contribution >= 0.6 is 11.3 Å². The molecule has 1 aromatic carbocycles. The van der Waals surface area contributed by atoms with E-state index in [1.165, 1.54) is 6.07 Å². The van der Waals surface area contributed by atoms with Crippen LogP contribution in [0.3, 0.4) is 0 Å². The first-order valence-electron chi connectivity index (χ1n) is 5.26. The second kappa shape index (κ2) is 5.46. The third kappa shape index (κ3) is 2.62. The SMILES string of the molecule is N#Cc1ccsc1NC(=O)c1ccc(F)c([N+](=O)[O-])c1. The van der Waals surface area contributed by atoms with Gasteiger partial charge in [-0.3, -0.25) is 14.9 Å². The molecule has 0 fully saturated rings. The van der Waals surface area contributed by atoms with E-state index < -0.39 is 22.3 Å². The number of anilines is 1. The van der Waals surface area contributed by atoms with Gasteiger partial charge in [0.25, 0.3) is 5.91 Å². The molecule has 8 heteroatoms. The van der Waals surface area contributed by atoms with Crippen molar-refractivity contribution < 1.29 is 14.1 Å². The van der Waals surface area contributed by atoms with Gasteiger partial charge >= 0.3 is 5.69 Å². The molecular formula is C12H6FN3O3S. The van der Waals surface area contributed by atoms with Crippen molar-refractivity contribution in [1.29, 1.82) is 5.26 Å². The number of nitro groups is 1. The minimum Gasteiger partial charge on any atom is -0.312 e. The number of carbonyl (C=O) groups excluding carboxylic acids is 1. The molecule has 1 N–H and O–H groups in total. The number of nitrogens with one attached hydrogen (secondary N) is 1. The first-order valence-corrected chi connectivity index (χ1v) is 6.13. The molecule has 1 heterocycles. The van der Waals surface area contributed by atoms with Crippen LogP contribution in [0.2, 0.25) is 0 Å². The molecule has 0 saturated heterocycles. The van der Waals surface area contributed by atoms with E-state index in [2.05, 4.69) is 5.32 Å². The summed E-state index contributed by atoms with van der Waals surface area (Å²) in [5.74, 6) is -1.66. The predicted octanol–water partition coefficient (Wildman–Crippen LogP) is 2.92. The van der Waals surface area contributed by atoms with Gasteiger partial charge in [-0.2, -0.15) is 9.65 Å². The van der Waals surface area contributed by atoms with Gasteiger partial charge in [0.1, 0.15) is 11.1 Å². The Balaban J connectivity index is 2.29. The van der Waals surface area contributed by atoms with Crippen LogP contribution in [0.4, 0.5) is 15.1 Å². The smallest absolute Gasteiger partial charge is 0.305 e. The van der Waals surface area contributed by atoms with Crippen molar-refractivity contribution in [2.75, 3.05) is 5.32 Å². The van der Waals surface area contributed by atoms with Crippen LogP contribution in [-0.4, -0.2) is 10.8 Å². The Morgan fingerprint density at radius 2 is 2.20 bits per heavy atom. The van der Waals surface area contributed by atoms with Crippen LogP contribution in [0.5, 0.6) is 0 Å². The minimum absolute atomic E-state index is 0.0598. The van der Waals surface area contributed by atoms with Gasteiger partial charge in [0, 0.05) is 11.6 Å². The van der Waals surface area contributed by atoms with Crippen LogP contribution in [0.15, 0.2) is 29.6 Å². The summed E-state index contributed by atoms with van der Waals surface area (Å²) in [6.07, 6.45) is 0. The predicted molar refractivity (Wildman–Crippen MR) is 70.0 cm³/mol. The number of rotatable bonds is 3. The van der Waals surface area contributed by atoms with Gasteiger partial charge in [-0.05, 0) is 23.6 Å². The molecular weight excluding hydrogens is 285 g/mol. The van der Waals surface area contributed by atoms with E-state index in [0.29, 0.717) is 10.6 Å². The summed E-state index contributed by atoms with van der Waals surface area (Å²) in [7, 11) is 0. The average molecular weight is 291 g/mol. The quantitative estimate of drug-likeness (QED) is 0.694. The monoisotopic (exact) mass is 291 g/mol. The highest BCUT2D eigenvalue weighted by Crippen LogP contribution is 2.24. The van der Waals surface area contributed by atoms with Crippen molar-refractivity contribution >= 4 is 27.9 Å². The number of benzene rings is 1. The molecule has 0 spiro atoms. The van der Waals surface area contributed by atoms with Gasteiger partial charge in [0.15, 0.2) is 0 Å². The number of amides is 1. The Hall–Kier alpha value is -2.79. The van der Waals surface area contributed by atoms with Crippen molar-refractivity contribution in [1.82, 2.24) is 0 Å². The molecule has 0 saturated carbocycles. The largest absolute Gasteiger partial charge is 0.312 e. The summed E-state index contributed by atoms with van der Waals surface area (Å²) in [4.78, 5) is 21.6. The number of halogens is 1. The number of hydrogen-bond acceptors (Lipinski definition) is 5. The molecule has 0 bridgehead atoms.